The molecule has 0 bridgehead atoms. The number of carbonyl (C=O) groups is 2. The third-order valence-corrected chi connectivity index (χ3v) is 5.42. The van der Waals surface area contributed by atoms with Gasteiger partial charge in [0.25, 0.3) is 0 Å². The van der Waals surface area contributed by atoms with Gasteiger partial charge in [0.2, 0.25) is 11.8 Å². The summed E-state index contributed by atoms with van der Waals surface area (Å²) in [4.78, 5) is 32.6. The average Bonchev–Trinajstić information content (AvgIpc) is 3.31. The summed E-state index contributed by atoms with van der Waals surface area (Å²) < 4.78 is 5.75. The molecule has 1 fully saturated rings. The molecular formula is C18H17ClN4O3S. The highest BCUT2D eigenvalue weighted by molar-refractivity contribution is 7.07. The van der Waals surface area contributed by atoms with Crippen LogP contribution in [0.2, 0.25) is 5.02 Å². The van der Waals surface area contributed by atoms with Crippen LogP contribution in [0.3, 0.4) is 0 Å². The van der Waals surface area contributed by atoms with Gasteiger partial charge in [-0.05, 0) is 12.1 Å². The van der Waals surface area contributed by atoms with E-state index < -0.39 is 5.92 Å². The van der Waals surface area contributed by atoms with Gasteiger partial charge in [-0.1, -0.05) is 11.6 Å². The molecule has 0 unspecified atom stereocenters. The molecular weight excluding hydrogens is 388 g/mol. The van der Waals surface area contributed by atoms with Gasteiger partial charge < -0.3 is 19.9 Å². The highest BCUT2D eigenvalue weighted by atomic mass is 35.5. The van der Waals surface area contributed by atoms with Crippen molar-refractivity contribution in [1.82, 2.24) is 20.2 Å². The number of rotatable bonds is 6. The Labute approximate surface area is 164 Å². The molecule has 7 nitrogen and oxygen atoms in total. The topological polar surface area (TPSA) is 87.3 Å². The Kier molecular flexibility index (Phi) is 4.75. The van der Waals surface area contributed by atoms with E-state index in [9.17, 15) is 9.59 Å². The second-order valence-corrected chi connectivity index (χ2v) is 7.55. The summed E-state index contributed by atoms with van der Waals surface area (Å²) in [5.74, 6) is -0.392. The molecule has 0 spiro atoms. The van der Waals surface area contributed by atoms with E-state index >= 15 is 0 Å². The van der Waals surface area contributed by atoms with Gasteiger partial charge in [0.15, 0.2) is 0 Å². The second-order valence-electron chi connectivity index (χ2n) is 6.42. The number of halogens is 1. The molecule has 1 saturated heterocycles. The molecule has 140 valence electrons. The van der Waals surface area contributed by atoms with Crippen molar-refractivity contribution in [3.05, 3.63) is 45.5 Å². The van der Waals surface area contributed by atoms with Gasteiger partial charge in [0.05, 0.1) is 22.8 Å². The first-order valence-electron chi connectivity index (χ1n) is 8.35. The average molecular weight is 405 g/mol. The summed E-state index contributed by atoms with van der Waals surface area (Å²) in [6.45, 7) is 1.13. The first-order valence-corrected chi connectivity index (χ1v) is 9.67. The van der Waals surface area contributed by atoms with E-state index in [0.717, 1.165) is 22.3 Å². The van der Waals surface area contributed by atoms with E-state index in [4.69, 9.17) is 16.3 Å². The van der Waals surface area contributed by atoms with Gasteiger partial charge in [0.1, 0.15) is 18.3 Å². The van der Waals surface area contributed by atoms with Crippen LogP contribution in [0.25, 0.3) is 10.9 Å². The number of benzene rings is 1. The van der Waals surface area contributed by atoms with Gasteiger partial charge in [-0.25, -0.2) is 4.98 Å². The fourth-order valence-electron chi connectivity index (χ4n) is 2.96. The standard InChI is InChI=1S/C18H17ClN4O3S/c1-23-6-13(18(23)25)17(24)20-5-11-2-10-3-14(19)16(4-15(10)22-11)26-7-12-8-27-9-21-12/h2-4,8-9,13,22H,5-7H2,1H3,(H,20,24)/t13-/m0/s1. The molecule has 4 rings (SSSR count). The third kappa shape index (κ3) is 3.63. The number of ether oxygens (including phenoxy) is 1. The molecule has 1 aliphatic rings. The molecule has 2 aromatic heterocycles. The summed E-state index contributed by atoms with van der Waals surface area (Å²) >= 11 is 7.82. The van der Waals surface area contributed by atoms with Crippen LogP contribution in [0.1, 0.15) is 11.4 Å². The Morgan fingerprint density at radius 3 is 3.04 bits per heavy atom. The second kappa shape index (κ2) is 7.21. The van der Waals surface area contributed by atoms with Crippen molar-refractivity contribution in [2.75, 3.05) is 13.6 Å². The van der Waals surface area contributed by atoms with Crippen molar-refractivity contribution in [2.24, 2.45) is 5.92 Å². The number of thiazole rings is 1. The van der Waals surface area contributed by atoms with Gasteiger partial charge in [-0.3, -0.25) is 9.59 Å². The lowest BCUT2D eigenvalue weighted by atomic mass is 9.99. The molecule has 0 radical (unpaired) electrons. The van der Waals surface area contributed by atoms with Crippen molar-refractivity contribution in [3.63, 3.8) is 0 Å². The Balaban J connectivity index is 1.42. The molecule has 2 amide bonds. The molecule has 0 saturated carbocycles. The molecule has 1 aromatic carbocycles. The van der Waals surface area contributed by atoms with Crippen LogP contribution in [0.4, 0.5) is 0 Å². The van der Waals surface area contributed by atoms with Crippen molar-refractivity contribution < 1.29 is 14.3 Å². The van der Waals surface area contributed by atoms with Crippen LogP contribution in [-0.2, 0) is 22.7 Å². The lowest BCUT2D eigenvalue weighted by molar-refractivity contribution is -0.152. The zero-order valence-electron chi connectivity index (χ0n) is 14.5. The van der Waals surface area contributed by atoms with E-state index in [0.29, 0.717) is 30.5 Å². The summed E-state index contributed by atoms with van der Waals surface area (Å²) in [6, 6.07) is 5.57. The minimum absolute atomic E-state index is 0.141. The number of fused-ring (bicyclic) bond motifs is 1. The van der Waals surface area contributed by atoms with E-state index in [1.165, 1.54) is 16.2 Å². The molecule has 1 atom stereocenters. The fourth-order valence-corrected chi connectivity index (χ4v) is 3.73. The number of nitrogens with one attached hydrogen (secondary N) is 2. The quantitative estimate of drug-likeness (QED) is 0.488. The summed E-state index contributed by atoms with van der Waals surface area (Å²) in [6.07, 6.45) is 0. The van der Waals surface area contributed by atoms with Crippen LogP contribution < -0.4 is 10.1 Å². The number of aromatic amines is 1. The largest absolute Gasteiger partial charge is 0.486 e. The number of likely N-dealkylation sites (tertiary alicyclic amines) is 1. The van der Waals surface area contributed by atoms with E-state index in [2.05, 4.69) is 15.3 Å². The smallest absolute Gasteiger partial charge is 0.236 e. The number of aromatic nitrogens is 2. The van der Waals surface area contributed by atoms with E-state index in [-0.39, 0.29) is 11.8 Å². The Bertz CT molecular complexity index is 1000. The molecule has 0 aliphatic carbocycles. The number of hydrogen-bond donors (Lipinski definition) is 2. The highest BCUT2D eigenvalue weighted by Gasteiger charge is 2.39. The van der Waals surface area contributed by atoms with E-state index in [1.807, 2.05) is 23.6 Å². The predicted molar refractivity (Wildman–Crippen MR) is 103 cm³/mol. The Morgan fingerprint density at radius 2 is 2.33 bits per heavy atom. The predicted octanol–water partition coefficient (Wildman–Crippen LogP) is 2.56. The van der Waals surface area contributed by atoms with Gasteiger partial charge in [-0.2, -0.15) is 0 Å². The highest BCUT2D eigenvalue weighted by Crippen LogP contribution is 2.31. The normalized spacial score (nSPS) is 16.4. The first-order chi connectivity index (χ1) is 13.0. The number of β-lactam (4-membered cyclic amide) rings is 1. The number of amides is 2. The molecule has 2 N–H and O–H groups in total. The monoisotopic (exact) mass is 404 g/mol. The third-order valence-electron chi connectivity index (χ3n) is 4.49. The fraction of sp³-hybridized carbons (Fsp3) is 0.278. The maximum atomic E-state index is 12.1. The zero-order valence-corrected chi connectivity index (χ0v) is 16.1. The van der Waals surface area contributed by atoms with Gasteiger partial charge in [0, 0.05) is 41.6 Å². The summed E-state index contributed by atoms with van der Waals surface area (Å²) in [5.41, 5.74) is 4.29. The number of carbonyl (C=O) groups excluding carboxylic acids is 2. The van der Waals surface area contributed by atoms with Crippen LogP contribution in [0.15, 0.2) is 29.1 Å². The molecule has 3 heterocycles. The lowest BCUT2D eigenvalue weighted by Gasteiger charge is -2.34. The molecule has 27 heavy (non-hydrogen) atoms. The minimum atomic E-state index is -0.570. The number of hydrogen-bond acceptors (Lipinski definition) is 5. The summed E-state index contributed by atoms with van der Waals surface area (Å²) in [7, 11) is 1.68. The maximum Gasteiger partial charge on any atom is 0.236 e. The SMILES string of the molecule is CN1C[C@@H](C(=O)NCc2cc3cc(Cl)c(OCc4cscn4)cc3[nH]2)C1=O. The lowest BCUT2D eigenvalue weighted by Crippen LogP contribution is -2.56. The van der Waals surface area contributed by atoms with E-state index in [1.54, 1.807) is 12.6 Å². The van der Waals surface area contributed by atoms with Crippen LogP contribution in [0, 0.1) is 5.92 Å². The zero-order chi connectivity index (χ0) is 19.0. The molecule has 9 heteroatoms. The van der Waals surface area contributed by atoms with Gasteiger partial charge in [-0.15, -0.1) is 11.3 Å². The van der Waals surface area contributed by atoms with Crippen molar-refractivity contribution in [2.45, 2.75) is 13.2 Å². The maximum absolute atomic E-state index is 12.1. The van der Waals surface area contributed by atoms with Crippen LogP contribution in [0.5, 0.6) is 5.75 Å². The van der Waals surface area contributed by atoms with Crippen LogP contribution >= 0.6 is 22.9 Å². The van der Waals surface area contributed by atoms with Crippen molar-refractivity contribution >= 4 is 45.7 Å². The number of nitrogens with zero attached hydrogens (tertiary/aromatic N) is 2. The van der Waals surface area contributed by atoms with Gasteiger partial charge >= 0.3 is 0 Å². The summed E-state index contributed by atoms with van der Waals surface area (Å²) in [5, 5.41) is 6.15. The minimum Gasteiger partial charge on any atom is -0.486 e. The Morgan fingerprint density at radius 1 is 1.48 bits per heavy atom. The van der Waals surface area contributed by atoms with Crippen molar-refractivity contribution in [3.8, 4) is 5.75 Å². The first kappa shape index (κ1) is 17.8. The molecule has 3 aromatic rings. The van der Waals surface area contributed by atoms with Crippen LogP contribution in [-0.4, -0.2) is 40.3 Å². The Hall–Kier alpha value is -2.58. The number of H-pyrrole nitrogens is 1. The molecule has 1 aliphatic heterocycles. The van der Waals surface area contributed by atoms with Crippen molar-refractivity contribution in [1.29, 1.82) is 0 Å².